The molecule has 11 heteroatoms. The van der Waals surface area contributed by atoms with Crippen LogP contribution >= 0.6 is 69.8 Å². The van der Waals surface area contributed by atoms with E-state index in [2.05, 4.69) is 10.5 Å². The van der Waals surface area contributed by atoms with Crippen molar-refractivity contribution < 1.29 is 14.3 Å². The van der Waals surface area contributed by atoms with Crippen LogP contribution in [0.1, 0.15) is 5.56 Å². The Morgan fingerprint density at radius 2 is 1.64 bits per heavy atom. The number of halogens is 5. The summed E-state index contributed by atoms with van der Waals surface area (Å²) in [6.45, 7) is 0. The number of hydrazone groups is 1. The smallest absolute Gasteiger partial charge is 0.250 e. The van der Waals surface area contributed by atoms with Crippen molar-refractivity contribution >= 4 is 81.9 Å². The molecule has 0 unspecified atom stereocenters. The number of nitrogens with one attached hydrogen (secondary N) is 1. The number of benzene rings is 2. The lowest BCUT2D eigenvalue weighted by Crippen LogP contribution is -2.19. The number of carbonyl (C=O) groups excluding carboxylic acids is 1. The fourth-order valence-corrected chi connectivity index (χ4v) is 4.36. The van der Waals surface area contributed by atoms with Gasteiger partial charge in [0, 0.05) is 16.5 Å². The van der Waals surface area contributed by atoms with Crippen LogP contribution in [0.15, 0.2) is 28.2 Å². The van der Waals surface area contributed by atoms with Crippen molar-refractivity contribution in [3.63, 3.8) is 0 Å². The lowest BCUT2D eigenvalue weighted by atomic mass is 10.2. The molecule has 0 spiro atoms. The molecule has 0 atom stereocenters. The van der Waals surface area contributed by atoms with Crippen LogP contribution < -0.4 is 14.9 Å². The molecule has 0 aliphatic heterocycles. The van der Waals surface area contributed by atoms with Gasteiger partial charge < -0.3 is 9.47 Å². The van der Waals surface area contributed by atoms with Gasteiger partial charge in [-0.25, -0.2) is 5.43 Å². The van der Waals surface area contributed by atoms with E-state index < -0.39 is 0 Å². The highest BCUT2D eigenvalue weighted by atomic mass is 35.5. The van der Waals surface area contributed by atoms with Crippen LogP contribution in [0.4, 0.5) is 0 Å². The van der Waals surface area contributed by atoms with Crippen LogP contribution in [-0.4, -0.2) is 32.1 Å². The lowest BCUT2D eigenvalue weighted by Gasteiger charge is -2.11. The second kappa shape index (κ2) is 10.7. The molecule has 1 N–H and O–H groups in total. The van der Waals surface area contributed by atoms with Gasteiger partial charge in [-0.05, 0) is 12.1 Å². The second-order valence-corrected chi connectivity index (χ2v) is 7.96. The van der Waals surface area contributed by atoms with E-state index in [1.54, 1.807) is 25.3 Å². The van der Waals surface area contributed by atoms with E-state index in [1.807, 2.05) is 0 Å². The molecule has 0 heterocycles. The summed E-state index contributed by atoms with van der Waals surface area (Å²) >= 11 is 31.3. The normalized spacial score (nSPS) is 11.0. The highest BCUT2D eigenvalue weighted by molar-refractivity contribution is 8.00. The van der Waals surface area contributed by atoms with Crippen molar-refractivity contribution in [2.24, 2.45) is 5.10 Å². The second-order valence-electron chi connectivity index (χ2n) is 5.09. The van der Waals surface area contributed by atoms with Crippen molar-refractivity contribution in [2.75, 3.05) is 20.0 Å². The number of amides is 1. The van der Waals surface area contributed by atoms with Gasteiger partial charge in [0.15, 0.2) is 0 Å². The third-order valence-electron chi connectivity index (χ3n) is 3.35. The van der Waals surface area contributed by atoms with E-state index in [9.17, 15) is 4.79 Å². The van der Waals surface area contributed by atoms with Crippen molar-refractivity contribution in [2.45, 2.75) is 4.90 Å². The molecule has 0 aromatic heterocycles. The number of ether oxygens (including phenoxy) is 2. The van der Waals surface area contributed by atoms with E-state index in [-0.39, 0.29) is 36.8 Å². The maximum absolute atomic E-state index is 12.0. The molecule has 5 nitrogen and oxygen atoms in total. The van der Waals surface area contributed by atoms with Crippen molar-refractivity contribution in [1.29, 1.82) is 0 Å². The highest BCUT2D eigenvalue weighted by Gasteiger charge is 2.20. The van der Waals surface area contributed by atoms with Gasteiger partial charge in [-0.1, -0.05) is 58.0 Å². The minimum absolute atomic E-state index is 0.0230. The summed E-state index contributed by atoms with van der Waals surface area (Å²) in [5.74, 6) is 0.785. The first-order valence-electron chi connectivity index (χ1n) is 7.48. The SMILES string of the molecule is COc1ccc(C=NNC(=O)CSc2c(Cl)c(Cl)c(Cl)c(Cl)c2Cl)c(OC)c1. The third kappa shape index (κ3) is 5.53. The summed E-state index contributed by atoms with van der Waals surface area (Å²) in [5.41, 5.74) is 3.07. The van der Waals surface area contributed by atoms with Gasteiger partial charge in [0.2, 0.25) is 5.91 Å². The Hall–Kier alpha value is -1.02. The number of rotatable bonds is 7. The average Bonchev–Trinajstić information content (AvgIpc) is 2.70. The molecule has 0 fully saturated rings. The molecule has 0 radical (unpaired) electrons. The Morgan fingerprint density at radius 1 is 1.04 bits per heavy atom. The van der Waals surface area contributed by atoms with Gasteiger partial charge in [-0.3, -0.25) is 4.79 Å². The highest BCUT2D eigenvalue weighted by Crippen LogP contribution is 2.47. The van der Waals surface area contributed by atoms with Gasteiger partial charge in [0.25, 0.3) is 0 Å². The van der Waals surface area contributed by atoms with E-state index in [0.29, 0.717) is 22.0 Å². The summed E-state index contributed by atoms with van der Waals surface area (Å²) in [4.78, 5) is 12.4. The summed E-state index contributed by atoms with van der Waals surface area (Å²) in [6, 6.07) is 5.20. The van der Waals surface area contributed by atoms with E-state index >= 15 is 0 Å². The predicted molar refractivity (Wildman–Crippen MR) is 117 cm³/mol. The molecular weight excluding hydrogens is 490 g/mol. The monoisotopic (exact) mass is 500 g/mol. The Kier molecular flexibility index (Phi) is 8.86. The molecular formula is C17H13Cl5N2O3S. The fraction of sp³-hybridized carbons (Fsp3) is 0.176. The number of hydrogen-bond acceptors (Lipinski definition) is 5. The Balaban J connectivity index is 2.02. The number of hydrogen-bond donors (Lipinski definition) is 1. The van der Waals surface area contributed by atoms with Gasteiger partial charge in [0.1, 0.15) is 11.5 Å². The summed E-state index contributed by atoms with van der Waals surface area (Å²) in [6.07, 6.45) is 1.46. The van der Waals surface area contributed by atoms with Crippen LogP contribution in [0.2, 0.25) is 25.1 Å². The quantitative estimate of drug-likeness (QED) is 0.161. The zero-order chi connectivity index (χ0) is 20.8. The molecule has 0 saturated carbocycles. The molecule has 0 aliphatic carbocycles. The van der Waals surface area contributed by atoms with E-state index in [0.717, 1.165) is 11.8 Å². The Labute approximate surface area is 191 Å². The van der Waals surface area contributed by atoms with Crippen LogP contribution in [0, 0.1) is 0 Å². The Bertz CT molecular complexity index is 895. The molecule has 0 bridgehead atoms. The molecule has 2 rings (SSSR count). The van der Waals surface area contributed by atoms with Gasteiger partial charge in [-0.15, -0.1) is 11.8 Å². The number of thioether (sulfide) groups is 1. The zero-order valence-corrected chi connectivity index (χ0v) is 19.1. The third-order valence-corrected chi connectivity index (χ3v) is 6.95. The van der Waals surface area contributed by atoms with Crippen molar-refractivity contribution in [3.05, 3.63) is 48.9 Å². The first kappa shape index (κ1) is 23.3. The first-order chi connectivity index (χ1) is 13.3. The van der Waals surface area contributed by atoms with E-state index in [1.165, 1.54) is 13.3 Å². The largest absolute Gasteiger partial charge is 0.497 e. The van der Waals surface area contributed by atoms with Gasteiger partial charge in [-0.2, -0.15) is 5.10 Å². The van der Waals surface area contributed by atoms with Crippen LogP contribution in [0.3, 0.4) is 0 Å². The lowest BCUT2D eigenvalue weighted by molar-refractivity contribution is -0.118. The van der Waals surface area contributed by atoms with Crippen LogP contribution in [-0.2, 0) is 4.79 Å². The number of carbonyl (C=O) groups is 1. The Morgan fingerprint density at radius 3 is 2.21 bits per heavy atom. The van der Waals surface area contributed by atoms with Gasteiger partial charge in [0.05, 0.1) is 51.3 Å². The molecule has 2 aromatic rings. The van der Waals surface area contributed by atoms with Crippen molar-refractivity contribution in [3.8, 4) is 11.5 Å². The average molecular weight is 503 g/mol. The maximum Gasteiger partial charge on any atom is 0.250 e. The topological polar surface area (TPSA) is 59.9 Å². The molecule has 2 aromatic carbocycles. The minimum atomic E-state index is -0.386. The minimum Gasteiger partial charge on any atom is -0.497 e. The molecule has 150 valence electrons. The predicted octanol–water partition coefficient (Wildman–Crippen LogP) is 6.21. The number of methoxy groups -OCH3 is 2. The molecule has 1 amide bonds. The van der Waals surface area contributed by atoms with Crippen LogP contribution in [0.5, 0.6) is 11.5 Å². The fourth-order valence-electron chi connectivity index (χ4n) is 1.98. The zero-order valence-electron chi connectivity index (χ0n) is 14.5. The van der Waals surface area contributed by atoms with Crippen molar-refractivity contribution in [1.82, 2.24) is 5.43 Å². The molecule has 0 saturated heterocycles. The molecule has 0 aliphatic rings. The first-order valence-corrected chi connectivity index (χ1v) is 10.4. The van der Waals surface area contributed by atoms with Crippen LogP contribution in [0.25, 0.3) is 0 Å². The standard InChI is InChI=1S/C17H13Cl5N2O3S/c1-26-9-4-3-8(10(5-9)27-2)6-23-24-11(25)7-28-17-15(21)13(19)12(18)14(20)16(17)22/h3-6H,7H2,1-2H3,(H,24,25). The summed E-state index contributed by atoms with van der Waals surface area (Å²) in [5, 5.41) is 4.38. The maximum atomic E-state index is 12.0. The summed E-state index contributed by atoms with van der Waals surface area (Å²) < 4.78 is 10.4. The van der Waals surface area contributed by atoms with Gasteiger partial charge >= 0.3 is 0 Å². The molecule has 28 heavy (non-hydrogen) atoms. The summed E-state index contributed by atoms with van der Waals surface area (Å²) in [7, 11) is 3.08. The number of nitrogens with zero attached hydrogens (tertiary/aromatic N) is 1. The van der Waals surface area contributed by atoms with E-state index in [4.69, 9.17) is 67.5 Å².